The second-order valence-electron chi connectivity index (χ2n) is 4.91. The first-order valence-corrected chi connectivity index (χ1v) is 6.32. The number of halogens is 2. The highest BCUT2D eigenvalue weighted by Gasteiger charge is 2.30. The van der Waals surface area contributed by atoms with Crippen molar-refractivity contribution < 1.29 is 8.78 Å². The van der Waals surface area contributed by atoms with Gasteiger partial charge in [-0.1, -0.05) is 13.0 Å². The minimum atomic E-state index is -0.782. The molecular weight excluding hydrogens is 220 g/mol. The van der Waals surface area contributed by atoms with Crippen LogP contribution in [0.1, 0.15) is 44.7 Å². The van der Waals surface area contributed by atoms with Crippen molar-refractivity contribution >= 4 is 0 Å². The Morgan fingerprint density at radius 3 is 2.53 bits per heavy atom. The van der Waals surface area contributed by atoms with Crippen molar-refractivity contribution in [1.82, 2.24) is 5.32 Å². The van der Waals surface area contributed by atoms with E-state index in [1.807, 2.05) is 6.92 Å². The smallest absolute Gasteiger partial charge is 0.159 e. The Hall–Kier alpha value is -0.960. The zero-order valence-electron chi connectivity index (χ0n) is 10.3. The van der Waals surface area contributed by atoms with Crippen molar-refractivity contribution in [3.63, 3.8) is 0 Å². The van der Waals surface area contributed by atoms with Crippen LogP contribution in [-0.2, 0) is 0 Å². The largest absolute Gasteiger partial charge is 0.307 e. The number of nitrogens with one attached hydrogen (secondary N) is 1. The van der Waals surface area contributed by atoms with E-state index in [0.717, 1.165) is 17.9 Å². The Morgan fingerprint density at radius 1 is 1.29 bits per heavy atom. The van der Waals surface area contributed by atoms with E-state index < -0.39 is 11.6 Å². The van der Waals surface area contributed by atoms with Gasteiger partial charge in [0.25, 0.3) is 0 Å². The Labute approximate surface area is 101 Å². The minimum absolute atomic E-state index is 0.0654. The molecule has 1 aliphatic rings. The highest BCUT2D eigenvalue weighted by Crippen LogP contribution is 2.35. The number of hydrogen-bond donors (Lipinski definition) is 1. The van der Waals surface area contributed by atoms with Crippen LogP contribution in [0.4, 0.5) is 8.78 Å². The molecule has 1 saturated carbocycles. The highest BCUT2D eigenvalue weighted by atomic mass is 19.2. The van der Waals surface area contributed by atoms with E-state index in [9.17, 15) is 8.78 Å². The fourth-order valence-corrected chi connectivity index (χ4v) is 2.28. The molecule has 3 heteroatoms. The van der Waals surface area contributed by atoms with Crippen LogP contribution in [0.3, 0.4) is 0 Å². The molecule has 0 amide bonds. The fraction of sp³-hybridized carbons (Fsp3) is 0.571. The summed E-state index contributed by atoms with van der Waals surface area (Å²) < 4.78 is 26.0. The molecule has 0 bridgehead atoms. The van der Waals surface area contributed by atoms with Gasteiger partial charge in [-0.15, -0.1) is 0 Å². The molecule has 0 aromatic heterocycles. The Morgan fingerprint density at radius 2 is 2.00 bits per heavy atom. The van der Waals surface area contributed by atoms with Gasteiger partial charge in [0, 0.05) is 12.1 Å². The number of benzene rings is 1. The average Bonchev–Trinajstić information content (AvgIpc) is 3.13. The standard InChI is InChI=1S/C14H19F2N/c1-3-14(10-4-5-10)17-9(2)11-6-7-12(15)13(16)8-11/h6-10,14,17H,3-5H2,1-2H3. The predicted octanol–water partition coefficient (Wildman–Crippen LogP) is 3.80. The normalized spacial score (nSPS) is 19.1. The monoisotopic (exact) mass is 239 g/mol. The first-order valence-electron chi connectivity index (χ1n) is 6.32. The molecule has 1 nitrogen and oxygen atoms in total. The molecular formula is C14H19F2N. The van der Waals surface area contributed by atoms with Crippen molar-refractivity contribution in [3.05, 3.63) is 35.4 Å². The van der Waals surface area contributed by atoms with E-state index in [-0.39, 0.29) is 6.04 Å². The second-order valence-corrected chi connectivity index (χ2v) is 4.91. The van der Waals surface area contributed by atoms with Crippen LogP contribution in [0, 0.1) is 17.6 Å². The van der Waals surface area contributed by atoms with Crippen LogP contribution in [0.15, 0.2) is 18.2 Å². The van der Waals surface area contributed by atoms with Gasteiger partial charge in [-0.25, -0.2) is 8.78 Å². The quantitative estimate of drug-likeness (QED) is 0.824. The second kappa shape index (κ2) is 5.13. The van der Waals surface area contributed by atoms with Gasteiger partial charge in [0.05, 0.1) is 0 Å². The van der Waals surface area contributed by atoms with E-state index in [0.29, 0.717) is 6.04 Å². The summed E-state index contributed by atoms with van der Waals surface area (Å²) in [6, 6.07) is 4.69. The fourth-order valence-electron chi connectivity index (χ4n) is 2.28. The van der Waals surface area contributed by atoms with Crippen LogP contribution in [0.5, 0.6) is 0 Å². The van der Waals surface area contributed by atoms with Crippen molar-refractivity contribution in [2.24, 2.45) is 5.92 Å². The van der Waals surface area contributed by atoms with E-state index in [1.165, 1.54) is 25.0 Å². The van der Waals surface area contributed by atoms with Crippen LogP contribution in [-0.4, -0.2) is 6.04 Å². The summed E-state index contributed by atoms with van der Waals surface area (Å²) in [7, 11) is 0. The van der Waals surface area contributed by atoms with Crippen LogP contribution in [0.2, 0.25) is 0 Å². The summed E-state index contributed by atoms with van der Waals surface area (Å²) in [5, 5.41) is 3.50. The van der Waals surface area contributed by atoms with E-state index in [2.05, 4.69) is 12.2 Å². The summed E-state index contributed by atoms with van der Waals surface area (Å²) in [5.41, 5.74) is 0.808. The molecule has 94 valence electrons. The lowest BCUT2D eigenvalue weighted by molar-refractivity contribution is 0.403. The molecule has 1 fully saturated rings. The molecule has 0 saturated heterocycles. The van der Waals surface area contributed by atoms with Gasteiger partial charge in [-0.05, 0) is 49.8 Å². The SMILES string of the molecule is CCC(NC(C)c1ccc(F)c(F)c1)C1CC1. The van der Waals surface area contributed by atoms with E-state index >= 15 is 0 Å². The van der Waals surface area contributed by atoms with Crippen LogP contribution in [0.25, 0.3) is 0 Å². The zero-order chi connectivity index (χ0) is 12.4. The van der Waals surface area contributed by atoms with Gasteiger partial charge in [0.1, 0.15) is 0 Å². The molecule has 1 aliphatic carbocycles. The van der Waals surface area contributed by atoms with E-state index in [4.69, 9.17) is 0 Å². The van der Waals surface area contributed by atoms with Crippen molar-refractivity contribution in [3.8, 4) is 0 Å². The maximum atomic E-state index is 13.1. The molecule has 2 atom stereocenters. The van der Waals surface area contributed by atoms with Crippen molar-refractivity contribution in [2.75, 3.05) is 0 Å². The molecule has 17 heavy (non-hydrogen) atoms. The van der Waals surface area contributed by atoms with Gasteiger partial charge in [-0.3, -0.25) is 0 Å². The third-order valence-electron chi connectivity index (χ3n) is 3.54. The lowest BCUT2D eigenvalue weighted by Gasteiger charge is -2.22. The lowest BCUT2D eigenvalue weighted by Crippen LogP contribution is -2.32. The summed E-state index contributed by atoms with van der Waals surface area (Å²) in [5.74, 6) is -0.779. The highest BCUT2D eigenvalue weighted by molar-refractivity contribution is 5.21. The molecule has 0 spiro atoms. The predicted molar refractivity (Wildman–Crippen MR) is 64.7 cm³/mol. The molecule has 2 rings (SSSR count). The summed E-state index contributed by atoms with van der Waals surface area (Å²) >= 11 is 0. The Bertz CT molecular complexity index is 388. The van der Waals surface area contributed by atoms with Gasteiger partial charge < -0.3 is 5.32 Å². The Kier molecular flexibility index (Phi) is 3.77. The summed E-state index contributed by atoms with van der Waals surface area (Å²) in [4.78, 5) is 0. The number of hydrogen-bond acceptors (Lipinski definition) is 1. The third-order valence-corrected chi connectivity index (χ3v) is 3.54. The van der Waals surface area contributed by atoms with Crippen molar-refractivity contribution in [2.45, 2.75) is 45.2 Å². The average molecular weight is 239 g/mol. The van der Waals surface area contributed by atoms with Gasteiger partial charge in [0.2, 0.25) is 0 Å². The number of rotatable bonds is 5. The van der Waals surface area contributed by atoms with Gasteiger partial charge >= 0.3 is 0 Å². The lowest BCUT2D eigenvalue weighted by atomic mass is 10.0. The molecule has 1 N–H and O–H groups in total. The molecule has 2 unspecified atom stereocenters. The zero-order valence-corrected chi connectivity index (χ0v) is 10.3. The van der Waals surface area contributed by atoms with E-state index in [1.54, 1.807) is 6.07 Å². The summed E-state index contributed by atoms with van der Waals surface area (Å²) in [6.45, 7) is 4.16. The molecule has 1 aromatic rings. The van der Waals surface area contributed by atoms with Crippen LogP contribution < -0.4 is 5.32 Å². The Balaban J connectivity index is 2.02. The molecule has 0 radical (unpaired) electrons. The maximum absolute atomic E-state index is 13.1. The topological polar surface area (TPSA) is 12.0 Å². The van der Waals surface area contributed by atoms with Gasteiger partial charge in [0.15, 0.2) is 11.6 Å². The molecule has 1 aromatic carbocycles. The molecule has 0 aliphatic heterocycles. The maximum Gasteiger partial charge on any atom is 0.159 e. The summed E-state index contributed by atoms with van der Waals surface area (Å²) in [6.07, 6.45) is 3.66. The minimum Gasteiger partial charge on any atom is -0.307 e. The molecule has 0 heterocycles. The first kappa shape index (κ1) is 12.5. The van der Waals surface area contributed by atoms with Crippen molar-refractivity contribution in [1.29, 1.82) is 0 Å². The third kappa shape index (κ3) is 3.03. The van der Waals surface area contributed by atoms with Crippen LogP contribution >= 0.6 is 0 Å². The van der Waals surface area contributed by atoms with Gasteiger partial charge in [-0.2, -0.15) is 0 Å². The first-order chi connectivity index (χ1) is 8.11.